The van der Waals surface area contributed by atoms with Crippen LogP contribution in [0.4, 0.5) is 0 Å². The van der Waals surface area contributed by atoms with Crippen LogP contribution in [0.25, 0.3) is 0 Å². The number of rotatable bonds is 8. The van der Waals surface area contributed by atoms with Gasteiger partial charge in [0.05, 0.1) is 24.3 Å². The van der Waals surface area contributed by atoms with E-state index in [4.69, 9.17) is 14.0 Å². The zero-order valence-electron chi connectivity index (χ0n) is 16.1. The highest BCUT2D eigenvalue weighted by molar-refractivity contribution is 9.10. The van der Waals surface area contributed by atoms with E-state index in [9.17, 15) is 14.7 Å². The van der Waals surface area contributed by atoms with Crippen LogP contribution < -0.4 is 10.1 Å². The van der Waals surface area contributed by atoms with Gasteiger partial charge in [-0.1, -0.05) is 12.1 Å². The van der Waals surface area contributed by atoms with Crippen molar-refractivity contribution >= 4 is 52.2 Å². The third-order valence-electron chi connectivity index (χ3n) is 3.75. The fourth-order valence-electron chi connectivity index (χ4n) is 2.46. The number of amides is 1. The number of ether oxygens (including phenoxy) is 2. The second-order valence-electron chi connectivity index (χ2n) is 5.62. The standard InChI is InChI=1S/C17H20BrN3O6S2/c1-5-29-16(20-14(23)13(28)15-19-7(2)21-27-15)10-8(22)6-9(25-3)12(18)11(10)17(24)26-4/h6,13,16,22,28H,5H2,1-4H3,(H,20,23). The van der Waals surface area contributed by atoms with Crippen LogP contribution in [0.3, 0.4) is 0 Å². The second-order valence-corrected chi connectivity index (χ2v) is 8.31. The highest BCUT2D eigenvalue weighted by Gasteiger charge is 2.32. The van der Waals surface area contributed by atoms with Crippen molar-refractivity contribution in [3.05, 3.63) is 33.4 Å². The molecule has 0 spiro atoms. The molecule has 0 saturated heterocycles. The Kier molecular flexibility index (Phi) is 8.23. The Balaban J connectivity index is 2.47. The summed E-state index contributed by atoms with van der Waals surface area (Å²) in [6, 6.07) is 1.35. The fraction of sp³-hybridized carbons (Fsp3) is 0.412. The molecule has 1 aromatic heterocycles. The normalized spacial score (nSPS) is 12.9. The van der Waals surface area contributed by atoms with Crippen LogP contribution in [-0.4, -0.2) is 47.1 Å². The molecule has 0 aliphatic carbocycles. The average Bonchev–Trinajstić information content (AvgIpc) is 3.13. The molecule has 2 N–H and O–H groups in total. The van der Waals surface area contributed by atoms with E-state index in [1.807, 2.05) is 6.92 Å². The quantitative estimate of drug-likeness (QED) is 0.281. The van der Waals surface area contributed by atoms with E-state index in [1.54, 1.807) is 6.92 Å². The maximum absolute atomic E-state index is 12.7. The van der Waals surface area contributed by atoms with E-state index in [-0.39, 0.29) is 28.5 Å². The van der Waals surface area contributed by atoms with Crippen LogP contribution >= 0.6 is 40.3 Å². The summed E-state index contributed by atoms with van der Waals surface area (Å²) in [5.74, 6) is -0.247. The van der Waals surface area contributed by atoms with Gasteiger partial charge in [-0.05, 0) is 28.6 Å². The number of halogens is 1. The lowest BCUT2D eigenvalue weighted by atomic mass is 10.0. The van der Waals surface area contributed by atoms with Crippen molar-refractivity contribution in [2.24, 2.45) is 0 Å². The topological polar surface area (TPSA) is 124 Å². The third-order valence-corrected chi connectivity index (χ3v) is 6.02. The molecule has 0 radical (unpaired) electrons. The molecule has 29 heavy (non-hydrogen) atoms. The molecule has 12 heteroatoms. The fourth-order valence-corrected chi connectivity index (χ4v) is 4.23. The molecule has 1 heterocycles. The molecule has 0 fully saturated rings. The number of hydrogen-bond donors (Lipinski definition) is 3. The first-order chi connectivity index (χ1) is 13.7. The van der Waals surface area contributed by atoms with Crippen molar-refractivity contribution in [2.45, 2.75) is 24.5 Å². The molecule has 2 atom stereocenters. The Hall–Kier alpha value is -1.92. The molecule has 0 aliphatic heterocycles. The van der Waals surface area contributed by atoms with Gasteiger partial charge in [0.25, 0.3) is 0 Å². The summed E-state index contributed by atoms with van der Waals surface area (Å²) < 4.78 is 15.3. The summed E-state index contributed by atoms with van der Waals surface area (Å²) in [5, 5.41) is 15.2. The summed E-state index contributed by atoms with van der Waals surface area (Å²) in [6.45, 7) is 3.49. The van der Waals surface area contributed by atoms with Crippen LogP contribution in [0.15, 0.2) is 15.1 Å². The summed E-state index contributed by atoms with van der Waals surface area (Å²) in [4.78, 5) is 29.2. The van der Waals surface area contributed by atoms with Crippen LogP contribution in [0.1, 0.15) is 45.2 Å². The number of carbonyl (C=O) groups excluding carboxylic acids is 2. The highest BCUT2D eigenvalue weighted by atomic mass is 79.9. The number of aromatic hydroxyl groups is 1. The molecule has 1 aromatic carbocycles. The maximum Gasteiger partial charge on any atom is 0.339 e. The zero-order chi connectivity index (χ0) is 21.7. The SMILES string of the molecule is CCSC(NC(=O)C(S)c1nc(C)no1)c1c(O)cc(OC)c(Br)c1C(=O)OC. The molecule has 0 saturated carbocycles. The van der Waals surface area contributed by atoms with Crippen molar-refractivity contribution < 1.29 is 28.7 Å². The minimum absolute atomic E-state index is 0.0388. The van der Waals surface area contributed by atoms with Crippen LogP contribution in [0, 0.1) is 6.92 Å². The van der Waals surface area contributed by atoms with Gasteiger partial charge in [-0.25, -0.2) is 4.79 Å². The molecule has 2 unspecified atom stereocenters. The lowest BCUT2D eigenvalue weighted by Crippen LogP contribution is -2.31. The van der Waals surface area contributed by atoms with Gasteiger partial charge < -0.3 is 24.4 Å². The van der Waals surface area contributed by atoms with E-state index in [2.05, 4.69) is 44.0 Å². The minimum atomic E-state index is -1.03. The summed E-state index contributed by atoms with van der Waals surface area (Å²) in [7, 11) is 2.62. The monoisotopic (exact) mass is 505 g/mol. The van der Waals surface area contributed by atoms with Gasteiger partial charge in [-0.15, -0.1) is 11.8 Å². The second kappa shape index (κ2) is 10.2. The van der Waals surface area contributed by atoms with Crippen molar-refractivity contribution in [2.75, 3.05) is 20.0 Å². The number of esters is 1. The van der Waals surface area contributed by atoms with Gasteiger partial charge in [0.2, 0.25) is 11.8 Å². The molecule has 2 aromatic rings. The molecule has 0 bridgehead atoms. The number of phenolic OH excluding ortho intramolecular Hbond substituents is 1. The van der Waals surface area contributed by atoms with Crippen molar-refractivity contribution in [3.63, 3.8) is 0 Å². The number of aromatic nitrogens is 2. The highest BCUT2D eigenvalue weighted by Crippen LogP contribution is 2.43. The van der Waals surface area contributed by atoms with Gasteiger partial charge in [0, 0.05) is 11.6 Å². The molecular formula is C17H20BrN3O6S2. The lowest BCUT2D eigenvalue weighted by molar-refractivity contribution is -0.121. The number of benzene rings is 1. The predicted molar refractivity (Wildman–Crippen MR) is 113 cm³/mol. The van der Waals surface area contributed by atoms with Crippen LogP contribution in [0.5, 0.6) is 11.5 Å². The number of methoxy groups -OCH3 is 2. The van der Waals surface area contributed by atoms with E-state index in [0.717, 1.165) is 0 Å². The van der Waals surface area contributed by atoms with Gasteiger partial charge in [-0.2, -0.15) is 17.6 Å². The number of nitrogens with one attached hydrogen (secondary N) is 1. The first kappa shape index (κ1) is 23.4. The first-order valence-electron chi connectivity index (χ1n) is 8.32. The minimum Gasteiger partial charge on any atom is -0.507 e. The van der Waals surface area contributed by atoms with Crippen molar-refractivity contribution in [1.82, 2.24) is 15.5 Å². The number of phenols is 1. The number of carbonyl (C=O) groups is 2. The van der Waals surface area contributed by atoms with Gasteiger partial charge in [0.1, 0.15) is 16.9 Å². The lowest BCUT2D eigenvalue weighted by Gasteiger charge is -2.24. The van der Waals surface area contributed by atoms with Gasteiger partial charge in [0.15, 0.2) is 11.1 Å². The van der Waals surface area contributed by atoms with E-state index in [1.165, 1.54) is 32.0 Å². The van der Waals surface area contributed by atoms with Gasteiger partial charge >= 0.3 is 5.97 Å². The Morgan fingerprint density at radius 2 is 2.14 bits per heavy atom. The Bertz CT molecular complexity index is 908. The third kappa shape index (κ3) is 5.17. The molecule has 1 amide bonds. The number of aryl methyl sites for hydroxylation is 1. The number of thioether (sulfide) groups is 1. The Labute approximate surface area is 185 Å². The van der Waals surface area contributed by atoms with E-state index < -0.39 is 22.5 Å². The van der Waals surface area contributed by atoms with Crippen LogP contribution in [0.2, 0.25) is 0 Å². The van der Waals surface area contributed by atoms with Crippen LogP contribution in [-0.2, 0) is 9.53 Å². The summed E-state index contributed by atoms with van der Waals surface area (Å²) in [6.07, 6.45) is 0. The maximum atomic E-state index is 12.7. The first-order valence-corrected chi connectivity index (χ1v) is 10.7. The number of thiol groups is 1. The Morgan fingerprint density at radius 1 is 1.45 bits per heavy atom. The zero-order valence-corrected chi connectivity index (χ0v) is 19.4. The molecule has 9 nitrogen and oxygen atoms in total. The molecule has 158 valence electrons. The summed E-state index contributed by atoms with van der Waals surface area (Å²) >= 11 is 8.85. The summed E-state index contributed by atoms with van der Waals surface area (Å²) in [5.41, 5.74) is 0.215. The average molecular weight is 506 g/mol. The van der Waals surface area contributed by atoms with Crippen molar-refractivity contribution in [3.8, 4) is 11.5 Å². The van der Waals surface area contributed by atoms with E-state index >= 15 is 0 Å². The number of hydrogen-bond acceptors (Lipinski definition) is 10. The Morgan fingerprint density at radius 3 is 2.66 bits per heavy atom. The predicted octanol–water partition coefficient (Wildman–Crippen LogP) is 3.18. The smallest absolute Gasteiger partial charge is 0.339 e. The molecular weight excluding hydrogens is 486 g/mol. The molecule has 2 rings (SSSR count). The largest absolute Gasteiger partial charge is 0.507 e. The molecule has 0 aliphatic rings. The van der Waals surface area contributed by atoms with Gasteiger partial charge in [-0.3, -0.25) is 4.79 Å². The van der Waals surface area contributed by atoms with Crippen molar-refractivity contribution in [1.29, 1.82) is 0 Å². The number of nitrogens with zero attached hydrogens (tertiary/aromatic N) is 2. The van der Waals surface area contributed by atoms with E-state index in [0.29, 0.717) is 16.0 Å².